The van der Waals surface area contributed by atoms with Crippen LogP contribution in [0.15, 0.2) is 23.4 Å². The van der Waals surface area contributed by atoms with Gasteiger partial charge in [-0.15, -0.1) is 0 Å². The molecule has 0 saturated carbocycles. The number of halogens is 1. The largest absolute Gasteiger partial charge is 0.481 e. The molecule has 0 radical (unpaired) electrons. The summed E-state index contributed by atoms with van der Waals surface area (Å²) in [5.41, 5.74) is 1.98. The van der Waals surface area contributed by atoms with Crippen LogP contribution in [0.3, 0.4) is 0 Å². The average molecular weight is 436 g/mol. The van der Waals surface area contributed by atoms with Crippen LogP contribution in [0.4, 0.5) is 0 Å². The number of fused-ring (bicyclic) bond motifs is 1. The van der Waals surface area contributed by atoms with Crippen LogP contribution in [-0.2, 0) is 11.3 Å². The smallest absolute Gasteiger partial charge is 0.313 e. The molecule has 114 valence electrons. The number of carboxylic acid groups (broad SMARTS) is 1. The second-order valence-corrected chi connectivity index (χ2v) is 8.96. The zero-order valence-corrected chi connectivity index (χ0v) is 15.9. The Hall–Kier alpha value is -0.410. The van der Waals surface area contributed by atoms with Gasteiger partial charge in [-0.25, -0.2) is 4.98 Å². The number of imidazole rings is 1. The number of aromatic nitrogens is 2. The van der Waals surface area contributed by atoms with Crippen molar-refractivity contribution in [3.05, 3.63) is 21.8 Å². The molecule has 1 aromatic carbocycles. The first kappa shape index (κ1) is 17.0. The molecule has 0 aliphatic heterocycles. The van der Waals surface area contributed by atoms with Crippen LogP contribution in [0.1, 0.15) is 13.8 Å². The van der Waals surface area contributed by atoms with Gasteiger partial charge in [-0.1, -0.05) is 11.8 Å². The average Bonchev–Trinajstić information content (AvgIpc) is 2.73. The summed E-state index contributed by atoms with van der Waals surface area (Å²) < 4.78 is 3.33. The summed E-state index contributed by atoms with van der Waals surface area (Å²) in [5.74, 6) is -0.794. The van der Waals surface area contributed by atoms with Gasteiger partial charge in [-0.3, -0.25) is 4.79 Å². The van der Waals surface area contributed by atoms with E-state index in [0.29, 0.717) is 0 Å². The number of nitrogens with zero attached hydrogens (tertiary/aromatic N) is 2. The number of rotatable bonds is 6. The fourth-order valence-electron chi connectivity index (χ4n) is 1.92. The van der Waals surface area contributed by atoms with Gasteiger partial charge in [0, 0.05) is 14.9 Å². The molecular formula is C14H17IN2O2S2. The van der Waals surface area contributed by atoms with E-state index in [-0.39, 0.29) is 10.5 Å². The molecule has 0 aliphatic rings. The molecular weight excluding hydrogens is 419 g/mol. The fraction of sp³-hybridized carbons (Fsp3) is 0.429. The van der Waals surface area contributed by atoms with Gasteiger partial charge in [0.25, 0.3) is 0 Å². The monoisotopic (exact) mass is 436 g/mol. The number of benzene rings is 1. The van der Waals surface area contributed by atoms with Crippen LogP contribution in [0.5, 0.6) is 0 Å². The minimum absolute atomic E-state index is 0.0279. The van der Waals surface area contributed by atoms with Crippen molar-refractivity contribution in [2.75, 3.05) is 12.0 Å². The summed E-state index contributed by atoms with van der Waals surface area (Å²) in [6, 6.07) is 6.15. The summed E-state index contributed by atoms with van der Waals surface area (Å²) >= 11 is 5.34. The van der Waals surface area contributed by atoms with Crippen molar-refractivity contribution in [2.24, 2.45) is 0 Å². The number of aliphatic carboxylic acids is 1. The zero-order chi connectivity index (χ0) is 15.6. The highest BCUT2D eigenvalue weighted by molar-refractivity contribution is 14.1. The van der Waals surface area contributed by atoms with E-state index in [2.05, 4.69) is 64.4 Å². The van der Waals surface area contributed by atoms with Crippen molar-refractivity contribution in [2.45, 2.75) is 30.3 Å². The number of hydrogen-bond acceptors (Lipinski definition) is 4. The minimum atomic E-state index is -0.822. The van der Waals surface area contributed by atoms with Crippen LogP contribution >= 0.6 is 46.1 Å². The molecule has 4 nitrogen and oxygen atoms in total. The summed E-state index contributed by atoms with van der Waals surface area (Å²) in [5, 5.41) is 9.67. The Labute approximate surface area is 146 Å². The molecule has 0 aliphatic carbocycles. The standard InChI is InChI=1S/C14H17IN2O2S2/c1-14(2,20-3)8-17-11-5-4-9(15)6-10(11)16-13(17)21-7-12(18)19/h4-6H,7-8H2,1-3H3,(H,18,19). The molecule has 0 bridgehead atoms. The third-order valence-corrected chi connectivity index (χ3v) is 5.96. The lowest BCUT2D eigenvalue weighted by atomic mass is 10.2. The van der Waals surface area contributed by atoms with Gasteiger partial charge in [0.15, 0.2) is 5.16 Å². The molecule has 0 amide bonds. The molecule has 0 fully saturated rings. The van der Waals surface area contributed by atoms with E-state index in [1.54, 1.807) is 11.8 Å². The van der Waals surface area contributed by atoms with Crippen LogP contribution in [0.25, 0.3) is 11.0 Å². The molecule has 1 heterocycles. The minimum Gasteiger partial charge on any atom is -0.481 e. The molecule has 0 saturated heterocycles. The lowest BCUT2D eigenvalue weighted by Crippen LogP contribution is -2.23. The van der Waals surface area contributed by atoms with Gasteiger partial charge in [0.2, 0.25) is 0 Å². The molecule has 1 N–H and O–H groups in total. The van der Waals surface area contributed by atoms with E-state index in [1.165, 1.54) is 11.8 Å². The van der Waals surface area contributed by atoms with Crippen molar-refractivity contribution in [3.63, 3.8) is 0 Å². The number of carboxylic acids is 1. The Morgan fingerprint density at radius 1 is 1.48 bits per heavy atom. The Morgan fingerprint density at radius 3 is 2.81 bits per heavy atom. The molecule has 0 spiro atoms. The SMILES string of the molecule is CSC(C)(C)Cn1c(SCC(=O)O)nc2cc(I)ccc21. The maximum absolute atomic E-state index is 10.8. The van der Waals surface area contributed by atoms with Crippen molar-refractivity contribution in [1.82, 2.24) is 9.55 Å². The maximum atomic E-state index is 10.8. The van der Waals surface area contributed by atoms with E-state index in [9.17, 15) is 4.79 Å². The molecule has 1 aromatic heterocycles. The van der Waals surface area contributed by atoms with Crippen LogP contribution < -0.4 is 0 Å². The number of thioether (sulfide) groups is 2. The molecule has 0 unspecified atom stereocenters. The highest BCUT2D eigenvalue weighted by atomic mass is 127. The first-order chi connectivity index (χ1) is 9.82. The van der Waals surface area contributed by atoms with Crippen LogP contribution in [0, 0.1) is 3.57 Å². The topological polar surface area (TPSA) is 55.1 Å². The lowest BCUT2D eigenvalue weighted by molar-refractivity contribution is -0.133. The van der Waals surface area contributed by atoms with Crippen molar-refractivity contribution in [3.8, 4) is 0 Å². The Morgan fingerprint density at radius 2 is 2.19 bits per heavy atom. The predicted molar refractivity (Wildman–Crippen MR) is 98.4 cm³/mol. The Bertz CT molecular complexity index is 670. The van der Waals surface area contributed by atoms with Gasteiger partial charge in [0.05, 0.1) is 16.8 Å². The van der Waals surface area contributed by atoms with E-state index in [1.807, 2.05) is 6.07 Å². The highest BCUT2D eigenvalue weighted by Crippen LogP contribution is 2.30. The molecule has 7 heteroatoms. The summed E-state index contributed by atoms with van der Waals surface area (Å²) in [6.45, 7) is 5.16. The first-order valence-corrected chi connectivity index (χ1v) is 9.67. The summed E-state index contributed by atoms with van der Waals surface area (Å²) in [7, 11) is 0. The van der Waals surface area contributed by atoms with Crippen molar-refractivity contribution in [1.29, 1.82) is 0 Å². The van der Waals surface area contributed by atoms with Crippen LogP contribution in [-0.4, -0.2) is 37.4 Å². The molecule has 2 aromatic rings. The molecule has 0 atom stereocenters. The van der Waals surface area contributed by atoms with Gasteiger partial charge >= 0.3 is 5.97 Å². The normalized spacial score (nSPS) is 12.0. The zero-order valence-electron chi connectivity index (χ0n) is 12.1. The Balaban J connectivity index is 2.46. The lowest BCUT2D eigenvalue weighted by Gasteiger charge is -2.24. The summed E-state index contributed by atoms with van der Waals surface area (Å²) in [4.78, 5) is 15.4. The first-order valence-electron chi connectivity index (χ1n) is 6.38. The third kappa shape index (κ3) is 4.29. The quantitative estimate of drug-likeness (QED) is 0.549. The third-order valence-electron chi connectivity index (χ3n) is 3.09. The second-order valence-electron chi connectivity index (χ2n) is 5.26. The highest BCUT2D eigenvalue weighted by Gasteiger charge is 2.21. The predicted octanol–water partition coefficient (Wildman–Crippen LogP) is 3.96. The maximum Gasteiger partial charge on any atom is 0.313 e. The van der Waals surface area contributed by atoms with Crippen molar-refractivity contribution < 1.29 is 9.90 Å². The van der Waals surface area contributed by atoms with E-state index in [0.717, 1.165) is 26.3 Å². The van der Waals surface area contributed by atoms with Crippen molar-refractivity contribution >= 4 is 63.1 Å². The van der Waals surface area contributed by atoms with Gasteiger partial charge in [0.1, 0.15) is 0 Å². The molecule has 2 rings (SSSR count). The van der Waals surface area contributed by atoms with Gasteiger partial charge < -0.3 is 9.67 Å². The molecule has 21 heavy (non-hydrogen) atoms. The Kier molecular flexibility index (Phi) is 5.48. The second kappa shape index (κ2) is 6.78. The summed E-state index contributed by atoms with van der Waals surface area (Å²) in [6.07, 6.45) is 2.09. The van der Waals surface area contributed by atoms with E-state index >= 15 is 0 Å². The number of carbonyl (C=O) groups is 1. The van der Waals surface area contributed by atoms with Crippen LogP contribution in [0.2, 0.25) is 0 Å². The van der Waals surface area contributed by atoms with Gasteiger partial charge in [-0.05, 0) is 60.9 Å². The van der Waals surface area contributed by atoms with E-state index < -0.39 is 5.97 Å². The van der Waals surface area contributed by atoms with Gasteiger partial charge in [-0.2, -0.15) is 11.8 Å². The fourth-order valence-corrected chi connectivity index (χ4v) is 3.38. The number of hydrogen-bond donors (Lipinski definition) is 1. The van der Waals surface area contributed by atoms with E-state index in [4.69, 9.17) is 5.11 Å².